The van der Waals surface area contributed by atoms with Gasteiger partial charge >= 0.3 is 11.9 Å². The van der Waals surface area contributed by atoms with Gasteiger partial charge in [0.25, 0.3) is 0 Å². The molecule has 0 heterocycles. The number of rotatable bonds is 5. The molecule has 0 aromatic heterocycles. The van der Waals surface area contributed by atoms with Crippen LogP contribution in [0.1, 0.15) is 13.8 Å². The lowest BCUT2D eigenvalue weighted by Gasteiger charge is -2.18. The van der Waals surface area contributed by atoms with E-state index in [2.05, 4.69) is 0 Å². The summed E-state index contributed by atoms with van der Waals surface area (Å²) in [5.41, 5.74) is -0.131. The Morgan fingerprint density at radius 2 is 1.67 bits per heavy atom. The molecule has 86 valence electrons. The predicted octanol–water partition coefficient (Wildman–Crippen LogP) is 0.670. The van der Waals surface area contributed by atoms with Crippen molar-refractivity contribution in [3.8, 4) is 0 Å². The van der Waals surface area contributed by atoms with Gasteiger partial charge in [-0.05, 0) is 21.0 Å². The number of carbonyl (C=O) groups is 2. The molecule has 0 aliphatic rings. The predicted molar refractivity (Wildman–Crippen MR) is 55.7 cm³/mol. The van der Waals surface area contributed by atoms with Crippen molar-refractivity contribution in [1.29, 1.82) is 0 Å². The van der Waals surface area contributed by atoms with Crippen molar-refractivity contribution in [1.82, 2.24) is 4.90 Å². The number of hydrogen-bond donors (Lipinski definition) is 2. The smallest absolute Gasteiger partial charge is 0.332 e. The third-order valence-electron chi connectivity index (χ3n) is 2.09. The second kappa shape index (κ2) is 5.50. The van der Waals surface area contributed by atoms with E-state index in [1.165, 1.54) is 6.92 Å². The van der Waals surface area contributed by atoms with Gasteiger partial charge in [0.1, 0.15) is 0 Å². The first-order valence-electron chi connectivity index (χ1n) is 4.59. The topological polar surface area (TPSA) is 77.8 Å². The maximum Gasteiger partial charge on any atom is 0.332 e. The Morgan fingerprint density at radius 1 is 1.20 bits per heavy atom. The summed E-state index contributed by atoms with van der Waals surface area (Å²) in [5, 5.41) is 17.7. The van der Waals surface area contributed by atoms with Crippen LogP contribution < -0.4 is 0 Å². The minimum Gasteiger partial charge on any atom is -0.478 e. The van der Waals surface area contributed by atoms with Crippen LogP contribution in [0.25, 0.3) is 0 Å². The van der Waals surface area contributed by atoms with E-state index < -0.39 is 11.9 Å². The van der Waals surface area contributed by atoms with E-state index in [1.54, 1.807) is 6.92 Å². The van der Waals surface area contributed by atoms with E-state index in [4.69, 9.17) is 10.2 Å². The third kappa shape index (κ3) is 4.12. The van der Waals surface area contributed by atoms with Gasteiger partial charge in [-0.15, -0.1) is 0 Å². The monoisotopic (exact) mass is 215 g/mol. The van der Waals surface area contributed by atoms with Crippen molar-refractivity contribution in [2.45, 2.75) is 13.8 Å². The van der Waals surface area contributed by atoms with Gasteiger partial charge in [-0.25, -0.2) is 9.59 Å². The van der Waals surface area contributed by atoms with E-state index in [-0.39, 0.29) is 17.1 Å². The maximum atomic E-state index is 10.9. The molecule has 5 heteroatoms. The molecule has 0 amide bonds. The Bertz CT molecular complexity index is 294. The third-order valence-corrected chi connectivity index (χ3v) is 2.09. The highest BCUT2D eigenvalue weighted by molar-refractivity contribution is 5.98. The maximum absolute atomic E-state index is 10.9. The van der Waals surface area contributed by atoms with Crippen molar-refractivity contribution in [3.63, 3.8) is 0 Å². The summed E-state index contributed by atoms with van der Waals surface area (Å²) >= 11 is 0. The van der Waals surface area contributed by atoms with Crippen molar-refractivity contribution >= 4 is 11.9 Å². The van der Waals surface area contributed by atoms with Crippen LogP contribution in [0.15, 0.2) is 11.1 Å². The Morgan fingerprint density at radius 3 is 1.93 bits per heavy atom. The van der Waals surface area contributed by atoms with E-state index >= 15 is 0 Å². The van der Waals surface area contributed by atoms with Crippen molar-refractivity contribution in [3.05, 3.63) is 11.1 Å². The molecule has 0 radical (unpaired) electrons. The SMILES string of the molecule is C/C(C(=O)O)=C(\C(=O)O)C(C)CN(C)C. The Labute approximate surface area is 89.0 Å². The zero-order valence-electron chi connectivity index (χ0n) is 9.44. The van der Waals surface area contributed by atoms with Crippen LogP contribution in [0.2, 0.25) is 0 Å². The molecule has 0 rings (SSSR count). The minimum atomic E-state index is -1.18. The summed E-state index contributed by atoms with van der Waals surface area (Å²) < 4.78 is 0. The van der Waals surface area contributed by atoms with Crippen molar-refractivity contribution in [2.24, 2.45) is 5.92 Å². The molecule has 0 saturated heterocycles. The van der Waals surface area contributed by atoms with Crippen LogP contribution in [-0.4, -0.2) is 47.7 Å². The van der Waals surface area contributed by atoms with Gasteiger partial charge < -0.3 is 15.1 Å². The number of hydrogen-bond acceptors (Lipinski definition) is 3. The normalized spacial score (nSPS) is 14.7. The molecule has 5 nitrogen and oxygen atoms in total. The molecular formula is C10H17NO4. The molecule has 1 atom stereocenters. The van der Waals surface area contributed by atoms with Crippen LogP contribution in [0.5, 0.6) is 0 Å². The van der Waals surface area contributed by atoms with Crippen LogP contribution in [0.4, 0.5) is 0 Å². The van der Waals surface area contributed by atoms with Gasteiger partial charge in [0, 0.05) is 18.0 Å². The Balaban J connectivity index is 5.06. The van der Waals surface area contributed by atoms with Crippen LogP contribution >= 0.6 is 0 Å². The fourth-order valence-electron chi connectivity index (χ4n) is 1.49. The average molecular weight is 215 g/mol. The zero-order chi connectivity index (χ0) is 12.2. The molecule has 2 N–H and O–H groups in total. The quantitative estimate of drug-likeness (QED) is 0.659. The van der Waals surface area contributed by atoms with Crippen molar-refractivity contribution in [2.75, 3.05) is 20.6 Å². The molecule has 0 fully saturated rings. The second-order valence-corrected chi connectivity index (χ2v) is 3.81. The average Bonchev–Trinajstić information content (AvgIpc) is 2.01. The molecule has 0 saturated carbocycles. The Kier molecular flexibility index (Phi) is 5.00. The summed E-state index contributed by atoms with van der Waals surface area (Å²) in [6.07, 6.45) is 0. The first kappa shape index (κ1) is 13.6. The fourth-order valence-corrected chi connectivity index (χ4v) is 1.49. The molecule has 0 aromatic rings. The molecule has 0 spiro atoms. The molecular weight excluding hydrogens is 198 g/mol. The van der Waals surface area contributed by atoms with Gasteiger partial charge in [0.15, 0.2) is 0 Å². The van der Waals surface area contributed by atoms with Crippen LogP contribution in [0.3, 0.4) is 0 Å². The van der Waals surface area contributed by atoms with Gasteiger partial charge in [-0.2, -0.15) is 0 Å². The molecule has 0 aliphatic heterocycles. The number of aliphatic carboxylic acids is 2. The van der Waals surface area contributed by atoms with Crippen LogP contribution in [-0.2, 0) is 9.59 Å². The van der Waals surface area contributed by atoms with Gasteiger partial charge in [-0.3, -0.25) is 0 Å². The van der Waals surface area contributed by atoms with Crippen molar-refractivity contribution < 1.29 is 19.8 Å². The van der Waals surface area contributed by atoms with Gasteiger partial charge in [-0.1, -0.05) is 6.92 Å². The Hall–Kier alpha value is -1.36. The van der Waals surface area contributed by atoms with Crippen LogP contribution in [0, 0.1) is 5.92 Å². The first-order chi connectivity index (χ1) is 6.77. The lowest BCUT2D eigenvalue weighted by atomic mass is 9.96. The van der Waals surface area contributed by atoms with E-state index in [1.807, 2.05) is 19.0 Å². The van der Waals surface area contributed by atoms with Gasteiger partial charge in [0.2, 0.25) is 0 Å². The highest BCUT2D eigenvalue weighted by atomic mass is 16.4. The number of nitrogens with zero attached hydrogens (tertiary/aromatic N) is 1. The lowest BCUT2D eigenvalue weighted by molar-refractivity contribution is -0.136. The van der Waals surface area contributed by atoms with E-state index in [9.17, 15) is 9.59 Å². The molecule has 1 unspecified atom stereocenters. The molecule has 15 heavy (non-hydrogen) atoms. The highest BCUT2D eigenvalue weighted by Gasteiger charge is 2.22. The molecule has 0 aliphatic carbocycles. The largest absolute Gasteiger partial charge is 0.478 e. The molecule has 0 aromatic carbocycles. The van der Waals surface area contributed by atoms with Gasteiger partial charge in [0.05, 0.1) is 5.57 Å². The standard InChI is InChI=1S/C10H17NO4/c1-6(5-11(3)4)8(10(14)15)7(2)9(12)13/h6H,5H2,1-4H3,(H,12,13)(H,14,15)/b8-7+. The van der Waals surface area contributed by atoms with E-state index in [0.29, 0.717) is 6.54 Å². The summed E-state index contributed by atoms with van der Waals surface area (Å²) in [7, 11) is 3.62. The zero-order valence-corrected chi connectivity index (χ0v) is 9.44. The minimum absolute atomic E-state index is 0.0313. The van der Waals surface area contributed by atoms with E-state index in [0.717, 1.165) is 0 Å². The summed E-state index contributed by atoms with van der Waals surface area (Å²) in [5.74, 6) is -2.66. The summed E-state index contributed by atoms with van der Waals surface area (Å²) in [4.78, 5) is 23.5. The lowest BCUT2D eigenvalue weighted by Crippen LogP contribution is -2.25. The fraction of sp³-hybridized carbons (Fsp3) is 0.600. The summed E-state index contributed by atoms with van der Waals surface area (Å²) in [6.45, 7) is 3.53. The molecule has 0 bridgehead atoms. The number of carboxylic acid groups (broad SMARTS) is 2. The number of carboxylic acids is 2. The first-order valence-corrected chi connectivity index (χ1v) is 4.59. The highest BCUT2D eigenvalue weighted by Crippen LogP contribution is 2.16. The summed E-state index contributed by atoms with van der Waals surface area (Å²) in [6, 6.07) is 0. The second-order valence-electron chi connectivity index (χ2n) is 3.81.